The molecule has 2 heterocycles. The number of fused-ring (bicyclic) bond motifs is 1. The first kappa shape index (κ1) is 11.9. The van der Waals surface area contributed by atoms with E-state index in [1.165, 1.54) is 11.1 Å². The number of imidazole rings is 1. The van der Waals surface area contributed by atoms with Crippen molar-refractivity contribution in [1.82, 2.24) is 9.38 Å². The maximum atomic E-state index is 5.66. The summed E-state index contributed by atoms with van der Waals surface area (Å²) in [4.78, 5) is 4.65. The van der Waals surface area contributed by atoms with Crippen LogP contribution in [0.4, 0.5) is 0 Å². The van der Waals surface area contributed by atoms with Gasteiger partial charge in [-0.1, -0.05) is 30.3 Å². The molecule has 0 spiro atoms. The van der Waals surface area contributed by atoms with Gasteiger partial charge in [-0.25, -0.2) is 4.98 Å². The highest BCUT2D eigenvalue weighted by Crippen LogP contribution is 2.14. The van der Waals surface area contributed by atoms with Gasteiger partial charge in [-0.05, 0) is 29.7 Å². The molecule has 0 aliphatic rings. The molecule has 0 radical (unpaired) electrons. The molecule has 3 nitrogen and oxygen atoms in total. The Balaban J connectivity index is 1.95. The second kappa shape index (κ2) is 4.86. The first-order chi connectivity index (χ1) is 9.26. The number of rotatable bonds is 3. The van der Waals surface area contributed by atoms with Crippen molar-refractivity contribution < 1.29 is 0 Å². The van der Waals surface area contributed by atoms with E-state index in [1.807, 2.05) is 18.3 Å². The molecule has 0 saturated carbocycles. The summed E-state index contributed by atoms with van der Waals surface area (Å²) in [6.07, 6.45) is 5.00. The van der Waals surface area contributed by atoms with E-state index in [1.54, 1.807) is 0 Å². The lowest BCUT2D eigenvalue weighted by Crippen LogP contribution is -1.97. The van der Waals surface area contributed by atoms with Crippen LogP contribution in [0, 0.1) is 6.92 Å². The minimum absolute atomic E-state index is 0.557. The Labute approximate surface area is 112 Å². The Morgan fingerprint density at radius 2 is 1.95 bits per heavy atom. The maximum absolute atomic E-state index is 5.66. The molecule has 1 aromatic carbocycles. The highest BCUT2D eigenvalue weighted by Gasteiger charge is 2.05. The number of nitrogens with zero attached hydrogens (tertiary/aromatic N) is 2. The third-order valence-corrected chi connectivity index (χ3v) is 3.43. The molecule has 0 amide bonds. The van der Waals surface area contributed by atoms with Gasteiger partial charge in [0.1, 0.15) is 5.65 Å². The monoisotopic (exact) mass is 251 g/mol. The van der Waals surface area contributed by atoms with E-state index in [-0.39, 0.29) is 0 Å². The fourth-order valence-electron chi connectivity index (χ4n) is 2.30. The van der Waals surface area contributed by atoms with Crippen LogP contribution in [-0.4, -0.2) is 9.38 Å². The van der Waals surface area contributed by atoms with Gasteiger partial charge in [0.15, 0.2) is 0 Å². The van der Waals surface area contributed by atoms with Crippen molar-refractivity contribution in [2.75, 3.05) is 0 Å². The van der Waals surface area contributed by atoms with Crippen LogP contribution in [0.3, 0.4) is 0 Å². The van der Waals surface area contributed by atoms with Crippen molar-refractivity contribution >= 4 is 5.65 Å². The smallest absolute Gasteiger partial charge is 0.137 e. The Bertz CT molecular complexity index is 713. The van der Waals surface area contributed by atoms with Gasteiger partial charge in [0, 0.05) is 25.4 Å². The highest BCUT2D eigenvalue weighted by molar-refractivity contribution is 5.42. The standard InChI is InChI=1S/C16H17N3/c1-12-4-2-3-5-14(12)8-15-11-19-10-13(9-17)6-7-16(19)18-15/h2-7,10-11H,8-9,17H2,1H3. The lowest BCUT2D eigenvalue weighted by molar-refractivity contribution is 1.03. The molecule has 0 saturated heterocycles. The molecule has 2 N–H and O–H groups in total. The molecule has 0 atom stereocenters. The first-order valence-corrected chi connectivity index (χ1v) is 6.47. The second-order valence-corrected chi connectivity index (χ2v) is 4.84. The van der Waals surface area contributed by atoms with Crippen molar-refractivity contribution in [2.24, 2.45) is 5.73 Å². The summed E-state index contributed by atoms with van der Waals surface area (Å²) < 4.78 is 2.05. The fraction of sp³-hybridized carbons (Fsp3) is 0.188. The average molecular weight is 251 g/mol. The fourth-order valence-corrected chi connectivity index (χ4v) is 2.30. The van der Waals surface area contributed by atoms with Crippen molar-refractivity contribution in [1.29, 1.82) is 0 Å². The van der Waals surface area contributed by atoms with Crippen molar-refractivity contribution in [2.45, 2.75) is 19.9 Å². The van der Waals surface area contributed by atoms with Crippen LogP contribution < -0.4 is 5.73 Å². The van der Waals surface area contributed by atoms with Crippen LogP contribution in [0.15, 0.2) is 48.8 Å². The lowest BCUT2D eigenvalue weighted by atomic mass is 10.0. The summed E-state index contributed by atoms with van der Waals surface area (Å²) in [6, 6.07) is 12.5. The molecule has 3 heteroatoms. The summed E-state index contributed by atoms with van der Waals surface area (Å²) in [5.41, 5.74) is 11.5. The van der Waals surface area contributed by atoms with Crippen LogP contribution >= 0.6 is 0 Å². The molecule has 3 aromatic rings. The Kier molecular flexibility index (Phi) is 3.05. The van der Waals surface area contributed by atoms with E-state index in [4.69, 9.17) is 5.73 Å². The zero-order valence-electron chi connectivity index (χ0n) is 11.0. The zero-order chi connectivity index (χ0) is 13.2. The van der Waals surface area contributed by atoms with E-state index in [2.05, 4.69) is 46.8 Å². The van der Waals surface area contributed by atoms with Crippen molar-refractivity contribution in [3.8, 4) is 0 Å². The third-order valence-electron chi connectivity index (χ3n) is 3.43. The van der Waals surface area contributed by atoms with Gasteiger partial charge in [-0.15, -0.1) is 0 Å². The minimum Gasteiger partial charge on any atom is -0.326 e. The molecule has 0 unspecified atom stereocenters. The third kappa shape index (κ3) is 2.37. The van der Waals surface area contributed by atoms with Gasteiger partial charge in [-0.3, -0.25) is 0 Å². The zero-order valence-corrected chi connectivity index (χ0v) is 11.0. The van der Waals surface area contributed by atoms with Gasteiger partial charge >= 0.3 is 0 Å². The SMILES string of the molecule is Cc1ccccc1Cc1cn2cc(CN)ccc2n1. The van der Waals surface area contributed by atoms with Gasteiger partial charge in [0.05, 0.1) is 5.69 Å². The summed E-state index contributed by atoms with van der Waals surface area (Å²) in [5, 5.41) is 0. The number of aromatic nitrogens is 2. The number of hydrogen-bond donors (Lipinski definition) is 1. The van der Waals surface area contributed by atoms with Crippen molar-refractivity contribution in [3.63, 3.8) is 0 Å². The molecule has 3 rings (SSSR count). The number of benzene rings is 1. The molecule has 0 bridgehead atoms. The van der Waals surface area contributed by atoms with E-state index < -0.39 is 0 Å². The topological polar surface area (TPSA) is 43.3 Å². The lowest BCUT2D eigenvalue weighted by Gasteiger charge is -2.01. The van der Waals surface area contributed by atoms with Crippen LogP contribution in [0.1, 0.15) is 22.4 Å². The average Bonchev–Trinajstić information content (AvgIpc) is 2.82. The predicted octanol–water partition coefficient (Wildman–Crippen LogP) is 2.69. The van der Waals surface area contributed by atoms with E-state index in [0.717, 1.165) is 23.3 Å². The molecular formula is C16H17N3. The van der Waals surface area contributed by atoms with Crippen LogP contribution in [0.5, 0.6) is 0 Å². The molecular weight excluding hydrogens is 234 g/mol. The largest absolute Gasteiger partial charge is 0.326 e. The summed E-state index contributed by atoms with van der Waals surface area (Å²) in [7, 11) is 0. The quantitative estimate of drug-likeness (QED) is 0.777. The van der Waals surface area contributed by atoms with Crippen LogP contribution in [-0.2, 0) is 13.0 Å². The molecule has 0 aliphatic heterocycles. The van der Waals surface area contributed by atoms with Gasteiger partial charge < -0.3 is 10.1 Å². The van der Waals surface area contributed by atoms with Gasteiger partial charge in [0.25, 0.3) is 0 Å². The molecule has 2 aromatic heterocycles. The van der Waals surface area contributed by atoms with Crippen molar-refractivity contribution in [3.05, 3.63) is 71.2 Å². The van der Waals surface area contributed by atoms with Crippen LogP contribution in [0.25, 0.3) is 5.65 Å². The Morgan fingerprint density at radius 1 is 1.11 bits per heavy atom. The first-order valence-electron chi connectivity index (χ1n) is 6.47. The molecule has 19 heavy (non-hydrogen) atoms. The maximum Gasteiger partial charge on any atom is 0.137 e. The highest BCUT2D eigenvalue weighted by atomic mass is 15.0. The molecule has 0 aliphatic carbocycles. The number of pyridine rings is 1. The van der Waals surface area contributed by atoms with E-state index in [0.29, 0.717) is 6.54 Å². The normalized spacial score (nSPS) is 11.1. The molecule has 96 valence electrons. The Hall–Kier alpha value is -2.13. The predicted molar refractivity (Wildman–Crippen MR) is 77.1 cm³/mol. The number of hydrogen-bond acceptors (Lipinski definition) is 2. The molecule has 0 fully saturated rings. The van der Waals surface area contributed by atoms with Gasteiger partial charge in [-0.2, -0.15) is 0 Å². The van der Waals surface area contributed by atoms with Crippen LogP contribution in [0.2, 0.25) is 0 Å². The Morgan fingerprint density at radius 3 is 2.74 bits per heavy atom. The summed E-state index contributed by atoms with van der Waals surface area (Å²) in [5.74, 6) is 0. The number of aryl methyl sites for hydroxylation is 1. The van der Waals surface area contributed by atoms with E-state index >= 15 is 0 Å². The minimum atomic E-state index is 0.557. The second-order valence-electron chi connectivity index (χ2n) is 4.84. The summed E-state index contributed by atoms with van der Waals surface area (Å²) >= 11 is 0. The van der Waals surface area contributed by atoms with E-state index in [9.17, 15) is 0 Å². The van der Waals surface area contributed by atoms with Gasteiger partial charge in [0.2, 0.25) is 0 Å². The number of nitrogens with two attached hydrogens (primary N) is 1. The summed E-state index contributed by atoms with van der Waals surface area (Å²) in [6.45, 7) is 2.69.